The largest absolute Gasteiger partial charge is 0.480 e. The average molecular weight is 260 g/mol. The lowest BCUT2D eigenvalue weighted by atomic mass is 10.1. The molecule has 0 aliphatic carbocycles. The van der Waals surface area contributed by atoms with Crippen LogP contribution in [0.3, 0.4) is 0 Å². The summed E-state index contributed by atoms with van der Waals surface area (Å²) in [5.41, 5.74) is 0. The van der Waals surface area contributed by atoms with Crippen molar-refractivity contribution in [1.82, 2.24) is 10.2 Å². The van der Waals surface area contributed by atoms with Gasteiger partial charge < -0.3 is 25.5 Å². The number of hydrogen-bond acceptors (Lipinski definition) is 4. The van der Waals surface area contributed by atoms with Crippen molar-refractivity contribution in [3.8, 4) is 0 Å². The molecule has 0 aromatic heterocycles. The van der Waals surface area contributed by atoms with Crippen molar-refractivity contribution in [3.05, 3.63) is 0 Å². The highest BCUT2D eigenvalue weighted by Crippen LogP contribution is 2.07. The van der Waals surface area contributed by atoms with Crippen molar-refractivity contribution in [2.45, 2.75) is 37.8 Å². The van der Waals surface area contributed by atoms with Crippen molar-refractivity contribution in [1.29, 1.82) is 0 Å². The lowest BCUT2D eigenvalue weighted by Crippen LogP contribution is -2.34. The Labute approximate surface area is 105 Å². The molecule has 2 atom stereocenters. The van der Waals surface area contributed by atoms with Crippen LogP contribution in [0.15, 0.2) is 0 Å². The summed E-state index contributed by atoms with van der Waals surface area (Å²) in [5, 5.41) is 28.3. The summed E-state index contributed by atoms with van der Waals surface area (Å²) in [4.78, 5) is 21.9. The zero-order valence-corrected chi connectivity index (χ0v) is 10.2. The predicted octanol–water partition coefficient (Wildman–Crippen LogP) is -0.0559. The molecule has 7 nitrogen and oxygen atoms in total. The molecule has 18 heavy (non-hydrogen) atoms. The first-order chi connectivity index (χ1) is 8.50. The molecule has 0 radical (unpaired) electrons. The van der Waals surface area contributed by atoms with E-state index >= 15 is 0 Å². The molecule has 0 aromatic rings. The van der Waals surface area contributed by atoms with Gasteiger partial charge in [0.1, 0.15) is 6.04 Å². The molecule has 2 saturated heterocycles. The van der Waals surface area contributed by atoms with Crippen molar-refractivity contribution < 1.29 is 24.9 Å². The Balaban J connectivity index is 0.000000180. The molecule has 2 aliphatic heterocycles. The van der Waals surface area contributed by atoms with Gasteiger partial charge in [-0.3, -0.25) is 4.79 Å². The van der Waals surface area contributed by atoms with Crippen LogP contribution < -0.4 is 5.32 Å². The van der Waals surface area contributed by atoms with Crippen LogP contribution in [0, 0.1) is 0 Å². The number of nitrogens with zero attached hydrogens (tertiary/aromatic N) is 1. The highest BCUT2D eigenvalue weighted by atomic mass is 16.4. The van der Waals surface area contributed by atoms with Crippen molar-refractivity contribution in [2.24, 2.45) is 0 Å². The number of aliphatic hydroxyl groups is 1. The number of carboxylic acids is 1. The fourth-order valence-electron chi connectivity index (χ4n) is 1.99. The van der Waals surface area contributed by atoms with Gasteiger partial charge in [-0.2, -0.15) is 0 Å². The van der Waals surface area contributed by atoms with E-state index in [0.717, 1.165) is 25.9 Å². The smallest absolute Gasteiger partial charge is 0.407 e. The third kappa shape index (κ3) is 4.89. The number of carboxylic acid groups (broad SMARTS) is 2. The van der Waals surface area contributed by atoms with Gasteiger partial charge in [0.25, 0.3) is 0 Å². The topological polar surface area (TPSA) is 110 Å². The maximum Gasteiger partial charge on any atom is 0.407 e. The van der Waals surface area contributed by atoms with Gasteiger partial charge in [0, 0.05) is 26.1 Å². The second-order valence-electron chi connectivity index (χ2n) is 4.52. The number of carbonyl (C=O) groups is 2. The number of piperidine rings is 1. The van der Waals surface area contributed by atoms with Crippen molar-refractivity contribution >= 4 is 12.1 Å². The SMILES string of the molecule is O=C(O)N1CCCCC1.O=C(O)[C@@H]1CC(O)CN1. The van der Waals surface area contributed by atoms with E-state index in [9.17, 15) is 9.59 Å². The standard InChI is InChI=1S/C6H11NO2.C5H9NO3/c8-6(9)7-4-2-1-3-5-7;7-3-1-4(5(8)9)6-2-3/h1-5H2,(H,8,9);3-4,6-7H,1-2H2,(H,8,9)/t;3?,4-/m.0/s1. The first-order valence-electron chi connectivity index (χ1n) is 6.13. The Morgan fingerprint density at radius 3 is 2.00 bits per heavy atom. The van der Waals surface area contributed by atoms with Crippen LogP contribution in [0.4, 0.5) is 4.79 Å². The number of β-amino-alcohol motifs (C(OH)–C–C–N with tert-alkyl or cyclic N) is 1. The molecule has 0 aromatic carbocycles. The van der Waals surface area contributed by atoms with E-state index in [-0.39, 0.29) is 0 Å². The molecule has 2 heterocycles. The van der Waals surface area contributed by atoms with Crippen LogP contribution in [0.1, 0.15) is 25.7 Å². The van der Waals surface area contributed by atoms with Crippen molar-refractivity contribution in [3.63, 3.8) is 0 Å². The zero-order chi connectivity index (χ0) is 13.5. The molecule has 2 aliphatic rings. The Bertz CT molecular complexity index is 276. The van der Waals surface area contributed by atoms with Gasteiger partial charge >= 0.3 is 12.1 Å². The average Bonchev–Trinajstić information content (AvgIpc) is 2.78. The molecule has 104 valence electrons. The molecule has 4 N–H and O–H groups in total. The second-order valence-corrected chi connectivity index (χ2v) is 4.52. The maximum absolute atomic E-state index is 10.3. The molecular weight excluding hydrogens is 240 g/mol. The summed E-state index contributed by atoms with van der Waals surface area (Å²) in [6.45, 7) is 1.86. The van der Waals surface area contributed by atoms with E-state index in [1.807, 2.05) is 0 Å². The van der Waals surface area contributed by atoms with Crippen LogP contribution in [-0.4, -0.2) is 64.1 Å². The monoisotopic (exact) mass is 260 g/mol. The molecule has 0 bridgehead atoms. The lowest BCUT2D eigenvalue weighted by Gasteiger charge is -2.22. The third-order valence-electron chi connectivity index (χ3n) is 3.03. The number of hydrogen-bond donors (Lipinski definition) is 4. The van der Waals surface area contributed by atoms with Gasteiger partial charge in [-0.25, -0.2) is 4.79 Å². The first kappa shape index (κ1) is 14.7. The highest BCUT2D eigenvalue weighted by molar-refractivity contribution is 5.73. The quantitative estimate of drug-likeness (QED) is 0.526. The normalized spacial score (nSPS) is 27.3. The lowest BCUT2D eigenvalue weighted by molar-refractivity contribution is -0.139. The molecule has 2 fully saturated rings. The van der Waals surface area contributed by atoms with E-state index in [2.05, 4.69) is 5.32 Å². The minimum atomic E-state index is -0.883. The van der Waals surface area contributed by atoms with Crippen molar-refractivity contribution in [2.75, 3.05) is 19.6 Å². The van der Waals surface area contributed by atoms with E-state index < -0.39 is 24.2 Å². The summed E-state index contributed by atoms with van der Waals surface area (Å²) >= 11 is 0. The Morgan fingerprint density at radius 2 is 1.72 bits per heavy atom. The highest BCUT2D eigenvalue weighted by Gasteiger charge is 2.27. The third-order valence-corrected chi connectivity index (χ3v) is 3.03. The van der Waals surface area contributed by atoms with E-state index in [0.29, 0.717) is 13.0 Å². The molecule has 1 unspecified atom stereocenters. The molecule has 0 saturated carbocycles. The summed E-state index contributed by atoms with van der Waals surface area (Å²) in [7, 11) is 0. The number of likely N-dealkylation sites (tertiary alicyclic amines) is 1. The van der Waals surface area contributed by atoms with E-state index in [1.165, 1.54) is 11.3 Å². The maximum atomic E-state index is 10.3. The summed E-state index contributed by atoms with van der Waals surface area (Å²) in [5.74, 6) is -0.883. The number of nitrogens with one attached hydrogen (secondary N) is 1. The summed E-state index contributed by atoms with van der Waals surface area (Å²) in [6, 6.07) is -0.542. The van der Waals surface area contributed by atoms with E-state index in [1.54, 1.807) is 0 Å². The molecular formula is C11H20N2O5. The summed E-state index contributed by atoms with van der Waals surface area (Å²) in [6.07, 6.45) is 2.33. The van der Waals surface area contributed by atoms with Crippen LogP contribution in [0.2, 0.25) is 0 Å². The van der Waals surface area contributed by atoms with Gasteiger partial charge in [0.15, 0.2) is 0 Å². The van der Waals surface area contributed by atoms with Crippen LogP contribution >= 0.6 is 0 Å². The van der Waals surface area contributed by atoms with Gasteiger partial charge in [-0.05, 0) is 19.3 Å². The minimum Gasteiger partial charge on any atom is -0.480 e. The second kappa shape index (κ2) is 7.17. The number of rotatable bonds is 1. The van der Waals surface area contributed by atoms with Gasteiger partial charge in [0.2, 0.25) is 0 Å². The number of aliphatic carboxylic acids is 1. The molecule has 0 spiro atoms. The Morgan fingerprint density at radius 1 is 1.11 bits per heavy atom. The predicted molar refractivity (Wildman–Crippen MR) is 63.5 cm³/mol. The Hall–Kier alpha value is -1.34. The first-order valence-corrected chi connectivity index (χ1v) is 6.13. The minimum absolute atomic E-state index is 0.329. The zero-order valence-electron chi connectivity index (χ0n) is 10.2. The molecule has 2 rings (SSSR count). The van der Waals surface area contributed by atoms with Gasteiger partial charge in [0.05, 0.1) is 6.10 Å². The van der Waals surface area contributed by atoms with Gasteiger partial charge in [-0.15, -0.1) is 0 Å². The molecule has 1 amide bonds. The number of aliphatic hydroxyl groups excluding tert-OH is 1. The van der Waals surface area contributed by atoms with Crippen LogP contribution in [0.5, 0.6) is 0 Å². The fraction of sp³-hybridized carbons (Fsp3) is 0.818. The van der Waals surface area contributed by atoms with E-state index in [4.69, 9.17) is 15.3 Å². The van der Waals surface area contributed by atoms with Gasteiger partial charge in [-0.1, -0.05) is 0 Å². The van der Waals surface area contributed by atoms with Crippen LogP contribution in [-0.2, 0) is 4.79 Å². The number of amides is 1. The van der Waals surface area contributed by atoms with Crippen LogP contribution in [0.25, 0.3) is 0 Å². The summed E-state index contributed by atoms with van der Waals surface area (Å²) < 4.78 is 0. The molecule has 7 heteroatoms. The Kier molecular flexibility index (Phi) is 5.87. The fourth-order valence-corrected chi connectivity index (χ4v) is 1.99.